The van der Waals surface area contributed by atoms with Gasteiger partial charge in [-0.25, -0.2) is 0 Å². The van der Waals surface area contributed by atoms with Gasteiger partial charge in [0.15, 0.2) is 0 Å². The first-order valence-electron chi connectivity index (χ1n) is 6.64. The third-order valence-corrected chi connectivity index (χ3v) is 3.08. The number of benzene rings is 1. The number of rotatable bonds is 7. The molecule has 0 radical (unpaired) electrons. The molecule has 1 aliphatic carbocycles. The summed E-state index contributed by atoms with van der Waals surface area (Å²) in [6.07, 6.45) is 3.00. The van der Waals surface area contributed by atoms with Gasteiger partial charge < -0.3 is 20.9 Å². The first-order valence-corrected chi connectivity index (χ1v) is 6.64. The fraction of sp³-hybridized carbons (Fsp3) is 0.571. The SMILES string of the molecule is CCCOc1cc(N)cc(NCC(O)C2CC2)c1. The van der Waals surface area contributed by atoms with Crippen LogP contribution in [0.1, 0.15) is 26.2 Å². The van der Waals surface area contributed by atoms with Crippen molar-refractivity contribution >= 4 is 11.4 Å². The Balaban J connectivity index is 1.91. The smallest absolute Gasteiger partial charge is 0.123 e. The highest BCUT2D eigenvalue weighted by atomic mass is 16.5. The molecule has 1 aliphatic rings. The Morgan fingerprint density at radius 2 is 2.22 bits per heavy atom. The Hall–Kier alpha value is -1.42. The monoisotopic (exact) mass is 250 g/mol. The highest BCUT2D eigenvalue weighted by Gasteiger charge is 2.29. The first-order chi connectivity index (χ1) is 8.69. The molecule has 1 aromatic carbocycles. The van der Waals surface area contributed by atoms with Crippen molar-refractivity contribution in [3.8, 4) is 5.75 Å². The standard InChI is InChI=1S/C14H22N2O2/c1-2-5-18-13-7-11(15)6-12(8-13)16-9-14(17)10-3-4-10/h6-8,10,14,16-17H,2-5,9,15H2,1H3. The number of anilines is 2. The van der Waals surface area contributed by atoms with Crippen LogP contribution in [0.3, 0.4) is 0 Å². The van der Waals surface area contributed by atoms with Gasteiger partial charge in [0.2, 0.25) is 0 Å². The van der Waals surface area contributed by atoms with Crippen LogP contribution in [0.5, 0.6) is 5.75 Å². The van der Waals surface area contributed by atoms with Crippen LogP contribution in [0.4, 0.5) is 11.4 Å². The molecule has 4 heteroatoms. The Morgan fingerprint density at radius 3 is 2.89 bits per heavy atom. The van der Waals surface area contributed by atoms with Crippen LogP contribution in [-0.2, 0) is 0 Å². The topological polar surface area (TPSA) is 67.5 Å². The van der Waals surface area contributed by atoms with Crippen molar-refractivity contribution in [2.75, 3.05) is 24.2 Å². The van der Waals surface area contributed by atoms with Crippen LogP contribution >= 0.6 is 0 Å². The third-order valence-electron chi connectivity index (χ3n) is 3.08. The lowest BCUT2D eigenvalue weighted by Crippen LogP contribution is -2.21. The molecule has 0 aromatic heterocycles. The zero-order valence-corrected chi connectivity index (χ0v) is 10.9. The second kappa shape index (κ2) is 5.96. The fourth-order valence-electron chi connectivity index (χ4n) is 1.90. The normalized spacial score (nSPS) is 16.3. The minimum atomic E-state index is -0.258. The lowest BCUT2D eigenvalue weighted by molar-refractivity contribution is 0.164. The van der Waals surface area contributed by atoms with Gasteiger partial charge in [-0.2, -0.15) is 0 Å². The van der Waals surface area contributed by atoms with Gasteiger partial charge in [-0.05, 0) is 31.2 Å². The number of hydrogen-bond acceptors (Lipinski definition) is 4. The molecule has 0 bridgehead atoms. The largest absolute Gasteiger partial charge is 0.493 e. The molecule has 0 spiro atoms. The number of aliphatic hydroxyl groups excluding tert-OH is 1. The van der Waals surface area contributed by atoms with Crippen LogP contribution < -0.4 is 15.8 Å². The number of nitrogens with two attached hydrogens (primary N) is 1. The number of nitrogen functional groups attached to an aromatic ring is 1. The maximum absolute atomic E-state index is 9.81. The van der Waals surface area contributed by atoms with Crippen LogP contribution in [0.25, 0.3) is 0 Å². The van der Waals surface area contributed by atoms with Crippen LogP contribution in [-0.4, -0.2) is 24.4 Å². The van der Waals surface area contributed by atoms with Gasteiger partial charge in [0.1, 0.15) is 5.75 Å². The van der Waals surface area contributed by atoms with E-state index in [0.29, 0.717) is 24.8 Å². The minimum absolute atomic E-state index is 0.258. The summed E-state index contributed by atoms with van der Waals surface area (Å²) in [5.74, 6) is 1.26. The Bertz CT molecular complexity index is 391. The van der Waals surface area contributed by atoms with Crippen molar-refractivity contribution in [3.05, 3.63) is 18.2 Å². The van der Waals surface area contributed by atoms with Crippen LogP contribution in [0.15, 0.2) is 18.2 Å². The van der Waals surface area contributed by atoms with Gasteiger partial charge >= 0.3 is 0 Å². The molecule has 1 fully saturated rings. The fourth-order valence-corrected chi connectivity index (χ4v) is 1.90. The molecule has 1 aromatic rings. The van der Waals surface area contributed by atoms with E-state index in [1.54, 1.807) is 0 Å². The van der Waals surface area contributed by atoms with Gasteiger partial charge in [-0.1, -0.05) is 6.92 Å². The van der Waals surface area contributed by atoms with E-state index in [1.165, 1.54) is 0 Å². The lowest BCUT2D eigenvalue weighted by Gasteiger charge is -2.14. The quantitative estimate of drug-likeness (QED) is 0.649. The summed E-state index contributed by atoms with van der Waals surface area (Å²) >= 11 is 0. The molecule has 4 nitrogen and oxygen atoms in total. The number of nitrogens with one attached hydrogen (secondary N) is 1. The van der Waals surface area contributed by atoms with Crippen molar-refractivity contribution in [1.29, 1.82) is 0 Å². The Labute approximate surface area is 108 Å². The molecule has 18 heavy (non-hydrogen) atoms. The molecule has 0 saturated heterocycles. The minimum Gasteiger partial charge on any atom is -0.493 e. The number of aliphatic hydroxyl groups is 1. The maximum atomic E-state index is 9.81. The average Bonchev–Trinajstić information content (AvgIpc) is 3.17. The molecular weight excluding hydrogens is 228 g/mol. The molecule has 100 valence electrons. The van der Waals surface area contributed by atoms with E-state index >= 15 is 0 Å². The highest BCUT2D eigenvalue weighted by Crippen LogP contribution is 2.32. The van der Waals surface area contributed by atoms with Gasteiger partial charge in [0.25, 0.3) is 0 Å². The summed E-state index contributed by atoms with van der Waals surface area (Å²) in [5, 5.41) is 13.0. The molecule has 1 atom stereocenters. The predicted molar refractivity (Wildman–Crippen MR) is 73.9 cm³/mol. The molecule has 1 unspecified atom stereocenters. The van der Waals surface area contributed by atoms with E-state index < -0.39 is 0 Å². The zero-order valence-electron chi connectivity index (χ0n) is 10.9. The van der Waals surface area contributed by atoms with Crippen LogP contribution in [0, 0.1) is 5.92 Å². The lowest BCUT2D eigenvalue weighted by atomic mass is 10.2. The summed E-state index contributed by atoms with van der Waals surface area (Å²) in [7, 11) is 0. The zero-order chi connectivity index (χ0) is 13.0. The third kappa shape index (κ3) is 3.81. The van der Waals surface area contributed by atoms with E-state index in [4.69, 9.17) is 10.5 Å². The Morgan fingerprint density at radius 1 is 1.44 bits per heavy atom. The summed E-state index contributed by atoms with van der Waals surface area (Å²) in [6, 6.07) is 5.60. The van der Waals surface area contributed by atoms with E-state index in [1.807, 2.05) is 18.2 Å². The molecule has 0 amide bonds. The van der Waals surface area contributed by atoms with Gasteiger partial charge in [-0.3, -0.25) is 0 Å². The van der Waals surface area contributed by atoms with Crippen molar-refractivity contribution in [2.45, 2.75) is 32.3 Å². The molecule has 4 N–H and O–H groups in total. The van der Waals surface area contributed by atoms with Crippen molar-refractivity contribution in [1.82, 2.24) is 0 Å². The van der Waals surface area contributed by atoms with Gasteiger partial charge in [0.05, 0.1) is 12.7 Å². The van der Waals surface area contributed by atoms with Crippen molar-refractivity contribution in [3.63, 3.8) is 0 Å². The predicted octanol–water partition coefficient (Wildman–Crippen LogP) is 2.24. The first kappa shape index (κ1) is 13.0. The summed E-state index contributed by atoms with van der Waals surface area (Å²) < 4.78 is 5.56. The van der Waals surface area contributed by atoms with E-state index in [0.717, 1.165) is 30.7 Å². The molecule has 0 aliphatic heterocycles. The second-order valence-electron chi connectivity index (χ2n) is 4.92. The molecular formula is C14H22N2O2. The molecule has 2 rings (SSSR count). The number of hydrogen-bond donors (Lipinski definition) is 3. The van der Waals surface area contributed by atoms with E-state index in [-0.39, 0.29) is 6.10 Å². The molecule has 1 saturated carbocycles. The van der Waals surface area contributed by atoms with E-state index in [9.17, 15) is 5.11 Å². The Kier molecular flexibility index (Phi) is 4.31. The van der Waals surface area contributed by atoms with Gasteiger partial charge in [0, 0.05) is 30.1 Å². The van der Waals surface area contributed by atoms with E-state index in [2.05, 4.69) is 12.2 Å². The van der Waals surface area contributed by atoms with Crippen LogP contribution in [0.2, 0.25) is 0 Å². The summed E-state index contributed by atoms with van der Waals surface area (Å²) in [5.41, 5.74) is 7.40. The van der Waals surface area contributed by atoms with Gasteiger partial charge in [-0.15, -0.1) is 0 Å². The van der Waals surface area contributed by atoms with Crippen molar-refractivity contribution < 1.29 is 9.84 Å². The second-order valence-corrected chi connectivity index (χ2v) is 4.92. The highest BCUT2D eigenvalue weighted by molar-refractivity contribution is 5.59. The van der Waals surface area contributed by atoms with Crippen molar-refractivity contribution in [2.24, 2.45) is 5.92 Å². The maximum Gasteiger partial charge on any atom is 0.123 e. The molecule has 0 heterocycles. The number of ether oxygens (including phenoxy) is 1. The summed E-state index contributed by atoms with van der Waals surface area (Å²) in [6.45, 7) is 3.33. The summed E-state index contributed by atoms with van der Waals surface area (Å²) in [4.78, 5) is 0. The average molecular weight is 250 g/mol.